The molecule has 29 heavy (non-hydrogen) atoms. The van der Waals surface area contributed by atoms with Gasteiger partial charge in [-0.05, 0) is 59.5 Å². The first-order valence-corrected chi connectivity index (χ1v) is 12.0. The maximum Gasteiger partial charge on any atom is 0.241 e. The van der Waals surface area contributed by atoms with Crippen molar-refractivity contribution in [3.8, 4) is 11.5 Å². The first-order valence-electron chi connectivity index (χ1n) is 9.67. The fourth-order valence-electron chi connectivity index (χ4n) is 3.93. The van der Waals surface area contributed by atoms with Crippen LogP contribution in [0.1, 0.15) is 34.0 Å². The quantitative estimate of drug-likeness (QED) is 0.667. The molecule has 5 rings (SSSR count). The Hall–Kier alpha value is -2.35. The lowest BCUT2D eigenvalue weighted by Crippen LogP contribution is -2.29. The summed E-state index contributed by atoms with van der Waals surface area (Å²) in [6.45, 7) is 0.882. The van der Waals surface area contributed by atoms with Gasteiger partial charge in [-0.25, -0.2) is 8.42 Å². The number of thiophene rings is 1. The van der Waals surface area contributed by atoms with Gasteiger partial charge in [0.1, 0.15) is 13.2 Å². The van der Waals surface area contributed by atoms with Gasteiger partial charge in [0.15, 0.2) is 11.5 Å². The van der Waals surface area contributed by atoms with Gasteiger partial charge >= 0.3 is 0 Å². The van der Waals surface area contributed by atoms with Gasteiger partial charge in [0.05, 0.1) is 10.9 Å². The van der Waals surface area contributed by atoms with Gasteiger partial charge in [0, 0.05) is 10.9 Å². The first-order chi connectivity index (χ1) is 14.1. The molecule has 2 heterocycles. The summed E-state index contributed by atoms with van der Waals surface area (Å²) in [5, 5.41) is 1.97. The molecule has 0 saturated carbocycles. The highest BCUT2D eigenvalue weighted by molar-refractivity contribution is 7.89. The zero-order valence-electron chi connectivity index (χ0n) is 15.8. The highest BCUT2D eigenvalue weighted by Crippen LogP contribution is 2.34. The molecule has 1 aromatic heterocycles. The van der Waals surface area contributed by atoms with Gasteiger partial charge < -0.3 is 9.47 Å². The van der Waals surface area contributed by atoms with Crippen molar-refractivity contribution in [1.82, 2.24) is 4.72 Å². The SMILES string of the molecule is O=S(=O)(N[C@@H](c1ccc2c(c1)CCC2)c1cccs1)c1ccc2c(c1)OCCO2. The van der Waals surface area contributed by atoms with Crippen LogP contribution < -0.4 is 14.2 Å². The van der Waals surface area contributed by atoms with Gasteiger partial charge in [-0.3, -0.25) is 0 Å². The molecule has 150 valence electrons. The fraction of sp³-hybridized carbons (Fsp3) is 0.273. The smallest absolute Gasteiger partial charge is 0.241 e. The minimum Gasteiger partial charge on any atom is -0.486 e. The Labute approximate surface area is 174 Å². The monoisotopic (exact) mass is 427 g/mol. The standard InChI is InChI=1S/C22H21NO4S2/c24-29(25,18-8-9-19-20(14-18)27-11-10-26-19)23-22(21-5-2-12-28-21)17-7-6-15-3-1-4-16(15)13-17/h2,5-9,12-14,22-23H,1,3-4,10-11H2/t22-/m0/s1. The summed E-state index contributed by atoms with van der Waals surface area (Å²) in [6.07, 6.45) is 3.31. The van der Waals surface area contributed by atoms with E-state index in [9.17, 15) is 8.42 Å². The van der Waals surface area contributed by atoms with Crippen LogP contribution in [0, 0.1) is 0 Å². The van der Waals surface area contributed by atoms with Crippen molar-refractivity contribution in [2.24, 2.45) is 0 Å². The van der Waals surface area contributed by atoms with E-state index in [2.05, 4.69) is 16.9 Å². The molecule has 7 heteroatoms. The Morgan fingerprint density at radius 2 is 1.76 bits per heavy atom. The van der Waals surface area contributed by atoms with Crippen molar-refractivity contribution in [3.63, 3.8) is 0 Å². The molecule has 1 aliphatic carbocycles. The lowest BCUT2D eigenvalue weighted by atomic mass is 10.0. The Bertz CT molecular complexity index is 1140. The average Bonchev–Trinajstić information content (AvgIpc) is 3.43. The zero-order chi connectivity index (χ0) is 19.8. The predicted octanol–water partition coefficient (Wildman–Crippen LogP) is 4.08. The van der Waals surface area contributed by atoms with Gasteiger partial charge in [0.25, 0.3) is 0 Å². The van der Waals surface area contributed by atoms with Crippen LogP contribution in [-0.4, -0.2) is 21.6 Å². The normalized spacial score (nSPS) is 16.4. The second kappa shape index (κ2) is 7.48. The van der Waals surface area contributed by atoms with Crippen LogP contribution in [0.15, 0.2) is 58.8 Å². The summed E-state index contributed by atoms with van der Waals surface area (Å²) >= 11 is 1.55. The number of nitrogens with one attached hydrogen (secondary N) is 1. The number of fused-ring (bicyclic) bond motifs is 2. The maximum atomic E-state index is 13.2. The van der Waals surface area contributed by atoms with Gasteiger partial charge in [-0.15, -0.1) is 11.3 Å². The average molecular weight is 428 g/mol. The summed E-state index contributed by atoms with van der Waals surface area (Å²) in [5.74, 6) is 1.04. The number of benzene rings is 2. The molecule has 0 bridgehead atoms. The number of sulfonamides is 1. The van der Waals surface area contributed by atoms with Crippen molar-refractivity contribution < 1.29 is 17.9 Å². The third-order valence-electron chi connectivity index (χ3n) is 5.38. The van der Waals surface area contributed by atoms with Crippen LogP contribution in [0.3, 0.4) is 0 Å². The van der Waals surface area contributed by atoms with Crippen molar-refractivity contribution in [1.29, 1.82) is 0 Å². The molecule has 0 amide bonds. The van der Waals surface area contributed by atoms with E-state index in [0.29, 0.717) is 24.7 Å². The van der Waals surface area contributed by atoms with E-state index in [4.69, 9.17) is 9.47 Å². The maximum absolute atomic E-state index is 13.2. The fourth-order valence-corrected chi connectivity index (χ4v) is 6.03. The number of aryl methyl sites for hydroxylation is 2. The summed E-state index contributed by atoms with van der Waals surface area (Å²) in [6, 6.07) is 14.6. The number of ether oxygens (including phenoxy) is 2. The van der Waals surface area contributed by atoms with Gasteiger partial charge in [0.2, 0.25) is 10.0 Å². The molecule has 2 aliphatic rings. The minimum absolute atomic E-state index is 0.171. The van der Waals surface area contributed by atoms with Crippen LogP contribution >= 0.6 is 11.3 Å². The molecule has 5 nitrogen and oxygen atoms in total. The van der Waals surface area contributed by atoms with Crippen molar-refractivity contribution in [2.75, 3.05) is 13.2 Å². The molecule has 1 N–H and O–H groups in total. The van der Waals surface area contributed by atoms with Crippen LogP contribution in [0.5, 0.6) is 11.5 Å². The number of rotatable bonds is 5. The van der Waals surface area contributed by atoms with Crippen LogP contribution in [0.2, 0.25) is 0 Å². The van der Waals surface area contributed by atoms with E-state index < -0.39 is 16.1 Å². The second-order valence-electron chi connectivity index (χ2n) is 7.26. The molecular weight excluding hydrogens is 406 g/mol. The predicted molar refractivity (Wildman–Crippen MR) is 112 cm³/mol. The van der Waals surface area contributed by atoms with E-state index in [0.717, 1.165) is 29.7 Å². The third-order valence-corrected chi connectivity index (χ3v) is 7.74. The molecular formula is C22H21NO4S2. The molecule has 3 aromatic rings. The van der Waals surface area contributed by atoms with Gasteiger partial charge in [-0.1, -0.05) is 24.3 Å². The Balaban J connectivity index is 1.50. The summed E-state index contributed by atoms with van der Waals surface area (Å²) < 4.78 is 40.4. The number of hydrogen-bond donors (Lipinski definition) is 1. The molecule has 1 atom stereocenters. The van der Waals surface area contributed by atoms with Gasteiger partial charge in [-0.2, -0.15) is 4.72 Å². The first kappa shape index (κ1) is 18.7. The summed E-state index contributed by atoms with van der Waals surface area (Å²) in [5.41, 5.74) is 3.66. The molecule has 1 aliphatic heterocycles. The topological polar surface area (TPSA) is 64.6 Å². The van der Waals surface area contributed by atoms with Crippen LogP contribution in [0.25, 0.3) is 0 Å². The third kappa shape index (κ3) is 3.66. The molecule has 0 unspecified atom stereocenters. The van der Waals surface area contributed by atoms with E-state index in [-0.39, 0.29) is 4.90 Å². The van der Waals surface area contributed by atoms with Crippen molar-refractivity contribution in [3.05, 3.63) is 75.5 Å². The number of hydrogen-bond acceptors (Lipinski definition) is 5. The Morgan fingerprint density at radius 3 is 2.59 bits per heavy atom. The largest absolute Gasteiger partial charge is 0.486 e. The van der Waals surface area contributed by atoms with Crippen molar-refractivity contribution >= 4 is 21.4 Å². The lowest BCUT2D eigenvalue weighted by Gasteiger charge is -2.21. The van der Waals surface area contributed by atoms with E-state index in [1.54, 1.807) is 23.5 Å². The Morgan fingerprint density at radius 1 is 0.931 bits per heavy atom. The molecule has 0 spiro atoms. The highest BCUT2D eigenvalue weighted by Gasteiger charge is 2.26. The Kier molecular flexibility index (Phi) is 4.81. The highest BCUT2D eigenvalue weighted by atomic mass is 32.2. The molecule has 0 saturated heterocycles. The van der Waals surface area contributed by atoms with Crippen molar-refractivity contribution in [2.45, 2.75) is 30.2 Å². The second-order valence-corrected chi connectivity index (χ2v) is 9.95. The van der Waals surface area contributed by atoms with E-state index in [1.165, 1.54) is 17.2 Å². The lowest BCUT2D eigenvalue weighted by molar-refractivity contribution is 0.171. The minimum atomic E-state index is -3.76. The summed E-state index contributed by atoms with van der Waals surface area (Å²) in [4.78, 5) is 1.13. The molecule has 0 radical (unpaired) electrons. The van der Waals surface area contributed by atoms with Crippen LogP contribution in [0.4, 0.5) is 0 Å². The zero-order valence-corrected chi connectivity index (χ0v) is 17.4. The van der Waals surface area contributed by atoms with E-state index in [1.807, 2.05) is 23.6 Å². The van der Waals surface area contributed by atoms with E-state index >= 15 is 0 Å². The summed E-state index contributed by atoms with van der Waals surface area (Å²) in [7, 11) is -3.76. The van der Waals surface area contributed by atoms with Crippen LogP contribution in [-0.2, 0) is 22.9 Å². The molecule has 0 fully saturated rings. The molecule has 2 aromatic carbocycles.